The van der Waals surface area contributed by atoms with E-state index in [1.54, 1.807) is 51.0 Å². The molecule has 6 nitrogen and oxygen atoms in total. The summed E-state index contributed by atoms with van der Waals surface area (Å²) in [7, 11) is -1.88. The predicted molar refractivity (Wildman–Crippen MR) is 75.7 cm³/mol. The summed E-state index contributed by atoms with van der Waals surface area (Å²) in [5, 5.41) is 4.14. The maximum Gasteiger partial charge on any atom is 0.244 e. The first-order valence-electron chi connectivity index (χ1n) is 6.25. The third kappa shape index (κ3) is 2.73. The lowest BCUT2D eigenvalue weighted by Gasteiger charge is -2.14. The molecule has 2 heterocycles. The molecule has 2 rings (SSSR count). The molecule has 108 valence electrons. The van der Waals surface area contributed by atoms with Gasteiger partial charge in [0.15, 0.2) is 0 Å². The summed E-state index contributed by atoms with van der Waals surface area (Å²) in [5.41, 5.74) is 1.93. The van der Waals surface area contributed by atoms with Crippen molar-refractivity contribution in [2.24, 2.45) is 7.05 Å². The van der Waals surface area contributed by atoms with Crippen LogP contribution in [-0.4, -0.2) is 23.2 Å². The van der Waals surface area contributed by atoms with E-state index in [1.165, 1.54) is 0 Å². The molecule has 2 aromatic heterocycles. The smallest absolute Gasteiger partial charge is 0.244 e. The number of hydrogen-bond acceptors (Lipinski definition) is 4. The van der Waals surface area contributed by atoms with Crippen molar-refractivity contribution in [3.8, 4) is 0 Å². The molecule has 0 bridgehead atoms. The van der Waals surface area contributed by atoms with Gasteiger partial charge in [0.2, 0.25) is 10.0 Å². The fraction of sp³-hybridized carbons (Fsp3) is 0.385. The summed E-state index contributed by atoms with van der Waals surface area (Å²) >= 11 is 0. The van der Waals surface area contributed by atoms with Crippen LogP contribution in [0.1, 0.15) is 29.9 Å². The first kappa shape index (κ1) is 14.7. The van der Waals surface area contributed by atoms with Gasteiger partial charge in [-0.2, -0.15) is 5.10 Å². The van der Waals surface area contributed by atoms with Crippen molar-refractivity contribution in [2.45, 2.75) is 31.7 Å². The van der Waals surface area contributed by atoms with Crippen molar-refractivity contribution in [3.05, 3.63) is 41.5 Å². The Kier molecular flexibility index (Phi) is 3.92. The predicted octanol–water partition coefficient (Wildman–Crippen LogP) is 1.47. The molecule has 0 aliphatic carbocycles. The maximum absolute atomic E-state index is 12.5. The summed E-state index contributed by atoms with van der Waals surface area (Å²) in [5.74, 6) is 0. The molecule has 0 aromatic carbocycles. The van der Waals surface area contributed by atoms with E-state index in [4.69, 9.17) is 0 Å². The molecular formula is C13H18N4O2S. The van der Waals surface area contributed by atoms with Crippen molar-refractivity contribution >= 4 is 10.0 Å². The van der Waals surface area contributed by atoms with E-state index in [9.17, 15) is 8.42 Å². The Morgan fingerprint density at radius 1 is 1.35 bits per heavy atom. The molecule has 0 amide bonds. The summed E-state index contributed by atoms with van der Waals surface area (Å²) in [6, 6.07) is 3.26. The van der Waals surface area contributed by atoms with Crippen LogP contribution in [0.4, 0.5) is 0 Å². The van der Waals surface area contributed by atoms with Crippen LogP contribution in [0.2, 0.25) is 0 Å². The molecule has 1 atom stereocenters. The van der Waals surface area contributed by atoms with Gasteiger partial charge in [-0.3, -0.25) is 9.67 Å². The van der Waals surface area contributed by atoms with Gasteiger partial charge in [0.25, 0.3) is 0 Å². The highest BCUT2D eigenvalue weighted by Gasteiger charge is 2.25. The van der Waals surface area contributed by atoms with Gasteiger partial charge in [0.1, 0.15) is 4.90 Å². The van der Waals surface area contributed by atoms with Gasteiger partial charge in [0.05, 0.1) is 11.4 Å². The van der Waals surface area contributed by atoms with Crippen LogP contribution in [0.3, 0.4) is 0 Å². The Morgan fingerprint density at radius 3 is 2.55 bits per heavy atom. The molecule has 1 unspecified atom stereocenters. The number of aromatic nitrogens is 3. The highest BCUT2D eigenvalue weighted by molar-refractivity contribution is 7.89. The number of pyridine rings is 1. The van der Waals surface area contributed by atoms with Gasteiger partial charge in [-0.1, -0.05) is 6.07 Å². The van der Waals surface area contributed by atoms with Gasteiger partial charge in [-0.15, -0.1) is 0 Å². The second-order valence-electron chi connectivity index (χ2n) is 4.75. The Hall–Kier alpha value is -1.73. The van der Waals surface area contributed by atoms with E-state index in [0.717, 1.165) is 5.56 Å². The Morgan fingerprint density at radius 2 is 2.05 bits per heavy atom. The van der Waals surface area contributed by atoms with Crippen molar-refractivity contribution < 1.29 is 8.42 Å². The zero-order valence-electron chi connectivity index (χ0n) is 12.0. The fourth-order valence-corrected chi connectivity index (χ4v) is 3.81. The van der Waals surface area contributed by atoms with E-state index in [-0.39, 0.29) is 10.9 Å². The third-order valence-electron chi connectivity index (χ3n) is 3.23. The monoisotopic (exact) mass is 294 g/mol. The molecule has 0 saturated carbocycles. The highest BCUT2D eigenvalue weighted by atomic mass is 32.2. The van der Waals surface area contributed by atoms with E-state index in [2.05, 4.69) is 14.8 Å². The largest absolute Gasteiger partial charge is 0.271 e. The molecule has 7 heteroatoms. The Balaban J connectivity index is 2.33. The van der Waals surface area contributed by atoms with Gasteiger partial charge in [-0.25, -0.2) is 13.1 Å². The second kappa shape index (κ2) is 5.34. The minimum atomic E-state index is -3.61. The molecule has 0 aliphatic heterocycles. The normalized spacial score (nSPS) is 13.4. The Bertz CT molecular complexity index is 707. The second-order valence-corrected chi connectivity index (χ2v) is 6.40. The van der Waals surface area contributed by atoms with Crippen LogP contribution >= 0.6 is 0 Å². The van der Waals surface area contributed by atoms with Crippen molar-refractivity contribution in [1.82, 2.24) is 19.5 Å². The van der Waals surface area contributed by atoms with Gasteiger partial charge < -0.3 is 0 Å². The average molecular weight is 294 g/mol. The lowest BCUT2D eigenvalue weighted by Crippen LogP contribution is -2.27. The zero-order valence-corrected chi connectivity index (χ0v) is 12.8. The van der Waals surface area contributed by atoms with Crippen molar-refractivity contribution in [1.29, 1.82) is 0 Å². The van der Waals surface area contributed by atoms with Crippen molar-refractivity contribution in [3.63, 3.8) is 0 Å². The standard InChI is InChI=1S/C13H18N4O2S/c1-9(12-6-5-7-14-8-12)16-20(18,19)13-10(2)15-17(4)11(13)3/h5-9,16H,1-4H3. The maximum atomic E-state index is 12.5. The first-order chi connectivity index (χ1) is 9.33. The molecular weight excluding hydrogens is 276 g/mol. The molecule has 2 aromatic rings. The number of nitrogens with one attached hydrogen (secondary N) is 1. The van der Waals surface area contributed by atoms with E-state index in [0.29, 0.717) is 11.4 Å². The minimum Gasteiger partial charge on any atom is -0.271 e. The lowest BCUT2D eigenvalue weighted by molar-refractivity contribution is 0.565. The topological polar surface area (TPSA) is 76.9 Å². The van der Waals surface area contributed by atoms with Crippen LogP contribution < -0.4 is 4.72 Å². The molecule has 0 saturated heterocycles. The van der Waals surface area contributed by atoms with Crippen molar-refractivity contribution in [2.75, 3.05) is 0 Å². The number of sulfonamides is 1. The highest BCUT2D eigenvalue weighted by Crippen LogP contribution is 2.21. The van der Waals surface area contributed by atoms with Crippen LogP contribution in [0.25, 0.3) is 0 Å². The first-order valence-corrected chi connectivity index (χ1v) is 7.73. The summed E-state index contributed by atoms with van der Waals surface area (Å²) in [6.07, 6.45) is 3.30. The summed E-state index contributed by atoms with van der Waals surface area (Å²) in [4.78, 5) is 4.24. The fourth-order valence-electron chi connectivity index (χ4n) is 2.13. The molecule has 0 radical (unpaired) electrons. The molecule has 1 N–H and O–H groups in total. The van der Waals surface area contributed by atoms with Crippen LogP contribution in [0.5, 0.6) is 0 Å². The van der Waals surface area contributed by atoms with E-state index < -0.39 is 10.0 Å². The number of rotatable bonds is 4. The summed E-state index contributed by atoms with van der Waals surface area (Å²) in [6.45, 7) is 5.22. The zero-order chi connectivity index (χ0) is 14.9. The van der Waals surface area contributed by atoms with Gasteiger partial charge in [-0.05, 0) is 32.4 Å². The number of aryl methyl sites for hydroxylation is 2. The van der Waals surface area contributed by atoms with E-state index >= 15 is 0 Å². The molecule has 0 aliphatic rings. The van der Waals surface area contributed by atoms with Crippen LogP contribution in [0.15, 0.2) is 29.4 Å². The average Bonchev–Trinajstić information content (AvgIpc) is 2.64. The quantitative estimate of drug-likeness (QED) is 0.926. The minimum absolute atomic E-state index is 0.246. The Labute approximate surface area is 118 Å². The number of hydrogen-bond donors (Lipinski definition) is 1. The molecule has 0 fully saturated rings. The third-order valence-corrected chi connectivity index (χ3v) is 5.02. The van der Waals surface area contributed by atoms with E-state index in [1.807, 2.05) is 6.07 Å². The van der Waals surface area contributed by atoms with Gasteiger partial charge in [0, 0.05) is 25.5 Å². The SMILES string of the molecule is Cc1nn(C)c(C)c1S(=O)(=O)NC(C)c1cccnc1. The van der Waals surface area contributed by atoms with Crippen LogP contribution in [-0.2, 0) is 17.1 Å². The lowest BCUT2D eigenvalue weighted by atomic mass is 10.2. The summed E-state index contributed by atoms with van der Waals surface area (Å²) < 4.78 is 29.2. The molecule has 0 spiro atoms. The van der Waals surface area contributed by atoms with Gasteiger partial charge >= 0.3 is 0 Å². The number of nitrogens with zero attached hydrogens (tertiary/aromatic N) is 3. The van der Waals surface area contributed by atoms with Crippen LogP contribution in [0, 0.1) is 13.8 Å². The molecule has 20 heavy (non-hydrogen) atoms.